The van der Waals surface area contributed by atoms with E-state index >= 15 is 0 Å². The molecule has 2 heterocycles. The van der Waals surface area contributed by atoms with Crippen LogP contribution < -0.4 is 0 Å². The smallest absolute Gasteiger partial charge is 0.151 e. The van der Waals surface area contributed by atoms with Crippen molar-refractivity contribution in [1.29, 1.82) is 5.26 Å². The van der Waals surface area contributed by atoms with Crippen LogP contribution in [0, 0.1) is 17.1 Å². The molecule has 0 radical (unpaired) electrons. The first-order valence-corrected chi connectivity index (χ1v) is 12.7. The van der Waals surface area contributed by atoms with Crippen molar-refractivity contribution in [2.24, 2.45) is 0 Å². The molecule has 0 spiro atoms. The Morgan fingerprint density at radius 1 is 1.26 bits per heavy atom. The molecule has 0 amide bonds. The van der Waals surface area contributed by atoms with Crippen LogP contribution in [0.5, 0.6) is 0 Å². The fourth-order valence-electron chi connectivity index (χ4n) is 4.49. The van der Waals surface area contributed by atoms with Crippen LogP contribution in [0.3, 0.4) is 0 Å². The van der Waals surface area contributed by atoms with E-state index in [1.165, 1.54) is 11.3 Å². The van der Waals surface area contributed by atoms with E-state index in [2.05, 4.69) is 10.1 Å². The summed E-state index contributed by atoms with van der Waals surface area (Å²) in [4.78, 5) is 4.32. The lowest BCUT2D eigenvalue weighted by atomic mass is 9.78. The SMILES string of the molecule is N#Cc1cc(F)c2nc(C3(O)CC(OCc4c(-c5c(Cl)cccc5Cl)noc4C4CC4)C3)sc2c1. The van der Waals surface area contributed by atoms with Crippen LogP contribution in [-0.4, -0.2) is 21.4 Å². The molecule has 10 heteroatoms. The van der Waals surface area contributed by atoms with Crippen molar-refractivity contribution in [3.8, 4) is 17.3 Å². The Bertz CT molecular complexity index is 1480. The van der Waals surface area contributed by atoms with E-state index in [1.807, 2.05) is 6.07 Å². The molecule has 2 aliphatic carbocycles. The number of benzene rings is 2. The van der Waals surface area contributed by atoms with Gasteiger partial charge in [0.05, 0.1) is 39.1 Å². The van der Waals surface area contributed by atoms with E-state index in [0.29, 0.717) is 49.8 Å². The molecule has 4 aromatic rings. The maximum Gasteiger partial charge on any atom is 0.151 e. The monoisotopic (exact) mass is 529 g/mol. The minimum absolute atomic E-state index is 0.168. The van der Waals surface area contributed by atoms with Crippen molar-refractivity contribution in [1.82, 2.24) is 10.1 Å². The van der Waals surface area contributed by atoms with Crippen molar-refractivity contribution in [2.45, 2.75) is 49.9 Å². The Labute approximate surface area is 213 Å². The van der Waals surface area contributed by atoms with Crippen LogP contribution in [0.25, 0.3) is 21.5 Å². The molecule has 0 unspecified atom stereocenters. The Morgan fingerprint density at radius 3 is 2.69 bits per heavy atom. The van der Waals surface area contributed by atoms with Crippen molar-refractivity contribution in [3.63, 3.8) is 0 Å². The summed E-state index contributed by atoms with van der Waals surface area (Å²) in [7, 11) is 0. The number of aliphatic hydroxyl groups is 1. The number of hydrogen-bond acceptors (Lipinski definition) is 7. The lowest BCUT2D eigenvalue weighted by Gasteiger charge is -2.41. The van der Waals surface area contributed by atoms with Gasteiger partial charge in [0.1, 0.15) is 27.6 Å². The summed E-state index contributed by atoms with van der Waals surface area (Å²) in [6.45, 7) is 0.243. The summed E-state index contributed by atoms with van der Waals surface area (Å²) in [5.74, 6) is 0.536. The number of nitriles is 1. The van der Waals surface area contributed by atoms with Gasteiger partial charge in [-0.25, -0.2) is 9.37 Å². The van der Waals surface area contributed by atoms with Gasteiger partial charge in [0, 0.05) is 29.9 Å². The first-order valence-electron chi connectivity index (χ1n) is 11.1. The third-order valence-corrected chi connectivity index (χ3v) is 8.36. The highest BCUT2D eigenvalue weighted by molar-refractivity contribution is 7.18. The summed E-state index contributed by atoms with van der Waals surface area (Å²) in [5.41, 5.74) is 1.21. The Hall–Kier alpha value is -2.54. The number of aromatic nitrogens is 2. The molecule has 0 atom stereocenters. The maximum atomic E-state index is 14.3. The number of fused-ring (bicyclic) bond motifs is 1. The number of thiazole rings is 1. The van der Waals surface area contributed by atoms with Gasteiger partial charge >= 0.3 is 0 Å². The number of ether oxygens (including phenoxy) is 1. The fraction of sp³-hybridized carbons (Fsp3) is 0.320. The first kappa shape index (κ1) is 22.9. The van der Waals surface area contributed by atoms with E-state index in [9.17, 15) is 9.50 Å². The largest absolute Gasteiger partial charge is 0.382 e. The van der Waals surface area contributed by atoms with Crippen molar-refractivity contribution in [3.05, 3.63) is 68.1 Å². The van der Waals surface area contributed by atoms with Crippen LogP contribution >= 0.6 is 34.5 Å². The highest BCUT2D eigenvalue weighted by atomic mass is 35.5. The quantitative estimate of drug-likeness (QED) is 0.298. The second kappa shape index (κ2) is 8.54. The summed E-state index contributed by atoms with van der Waals surface area (Å²) >= 11 is 14.0. The van der Waals surface area contributed by atoms with E-state index in [0.717, 1.165) is 30.2 Å². The molecule has 0 bridgehead atoms. The molecular weight excluding hydrogens is 512 g/mol. The first-order chi connectivity index (χ1) is 16.9. The van der Waals surface area contributed by atoms with Crippen molar-refractivity contribution < 1.29 is 18.8 Å². The van der Waals surface area contributed by atoms with E-state index in [4.69, 9.17) is 37.7 Å². The van der Waals surface area contributed by atoms with Crippen LogP contribution in [-0.2, 0) is 16.9 Å². The van der Waals surface area contributed by atoms with Crippen molar-refractivity contribution in [2.75, 3.05) is 0 Å². The van der Waals surface area contributed by atoms with Gasteiger partial charge in [-0.15, -0.1) is 11.3 Å². The Balaban J connectivity index is 1.21. The van der Waals surface area contributed by atoms with Gasteiger partial charge in [-0.1, -0.05) is 34.4 Å². The predicted molar refractivity (Wildman–Crippen MR) is 130 cm³/mol. The third-order valence-electron chi connectivity index (χ3n) is 6.54. The average molecular weight is 530 g/mol. The van der Waals surface area contributed by atoms with Gasteiger partial charge < -0.3 is 14.4 Å². The molecule has 2 aromatic heterocycles. The van der Waals surface area contributed by atoms with Crippen LogP contribution in [0.4, 0.5) is 4.39 Å². The molecule has 2 fully saturated rings. The number of rotatable bonds is 6. The number of nitrogens with zero attached hydrogens (tertiary/aromatic N) is 3. The van der Waals surface area contributed by atoms with Crippen LogP contribution in [0.15, 0.2) is 34.9 Å². The molecule has 6 nitrogen and oxygen atoms in total. The van der Waals surface area contributed by atoms with E-state index < -0.39 is 11.4 Å². The molecule has 178 valence electrons. The number of halogens is 3. The predicted octanol–water partition coefficient (Wildman–Crippen LogP) is 6.71. The Kier molecular flexibility index (Phi) is 5.59. The molecule has 2 aliphatic rings. The molecule has 35 heavy (non-hydrogen) atoms. The molecule has 0 saturated heterocycles. The average Bonchev–Trinajstić information content (AvgIpc) is 3.42. The second-order valence-electron chi connectivity index (χ2n) is 9.05. The molecule has 2 aromatic carbocycles. The summed E-state index contributed by atoms with van der Waals surface area (Å²) in [5, 5.41) is 25.8. The van der Waals surface area contributed by atoms with Crippen LogP contribution in [0.2, 0.25) is 10.0 Å². The zero-order valence-electron chi connectivity index (χ0n) is 18.2. The zero-order chi connectivity index (χ0) is 24.3. The van der Waals surface area contributed by atoms with Gasteiger partial charge in [0.25, 0.3) is 0 Å². The topological polar surface area (TPSA) is 92.2 Å². The standard InChI is InChI=1S/C25H18Cl2FN3O3S/c26-16-2-1-3-17(27)20(16)21-15(23(34-31-21)13-4-5-13)11-33-14-8-25(32,9-14)24-30-22-18(28)6-12(10-29)7-19(22)35-24/h1-3,6-7,13-14,32H,4-5,8-9,11H2. The van der Waals surface area contributed by atoms with E-state index in [1.54, 1.807) is 24.3 Å². The van der Waals surface area contributed by atoms with Crippen molar-refractivity contribution >= 4 is 44.8 Å². The van der Waals surface area contributed by atoms with Gasteiger partial charge in [-0.3, -0.25) is 0 Å². The lowest BCUT2D eigenvalue weighted by molar-refractivity contribution is -0.149. The maximum absolute atomic E-state index is 14.3. The van der Waals surface area contributed by atoms with Gasteiger partial charge in [0.2, 0.25) is 0 Å². The van der Waals surface area contributed by atoms with Gasteiger partial charge in [0.15, 0.2) is 5.82 Å². The van der Waals surface area contributed by atoms with E-state index in [-0.39, 0.29) is 23.8 Å². The fourth-order valence-corrected chi connectivity index (χ4v) is 6.19. The summed E-state index contributed by atoms with van der Waals surface area (Å²) < 4.78 is 26.7. The molecule has 1 N–H and O–H groups in total. The summed E-state index contributed by atoms with van der Waals surface area (Å²) in [6.07, 6.45) is 2.49. The lowest BCUT2D eigenvalue weighted by Crippen LogP contribution is -2.45. The van der Waals surface area contributed by atoms with Crippen LogP contribution in [0.1, 0.15) is 53.5 Å². The highest BCUT2D eigenvalue weighted by Crippen LogP contribution is 2.48. The highest BCUT2D eigenvalue weighted by Gasteiger charge is 2.47. The molecule has 6 rings (SSSR count). The summed E-state index contributed by atoms with van der Waals surface area (Å²) in [6, 6.07) is 9.97. The third kappa shape index (κ3) is 4.02. The normalized spacial score (nSPS) is 21.7. The second-order valence-corrected chi connectivity index (χ2v) is 10.9. The molecule has 2 saturated carbocycles. The zero-order valence-corrected chi connectivity index (χ0v) is 20.6. The molecular formula is C25H18Cl2FN3O3S. The minimum Gasteiger partial charge on any atom is -0.382 e. The van der Waals surface area contributed by atoms with Gasteiger partial charge in [-0.2, -0.15) is 5.26 Å². The molecule has 0 aliphatic heterocycles. The minimum atomic E-state index is -1.20. The Morgan fingerprint density at radius 2 is 2.00 bits per heavy atom. The van der Waals surface area contributed by atoms with Gasteiger partial charge in [-0.05, 0) is 37.1 Å². The number of hydrogen-bond donors (Lipinski definition) is 1.